The van der Waals surface area contributed by atoms with Crippen LogP contribution < -0.4 is 10.6 Å². The van der Waals surface area contributed by atoms with E-state index in [-0.39, 0.29) is 17.3 Å². The van der Waals surface area contributed by atoms with Crippen LogP contribution in [0.5, 0.6) is 0 Å². The minimum Gasteiger partial charge on any atom is -0.394 e. The van der Waals surface area contributed by atoms with Gasteiger partial charge in [0.2, 0.25) is 6.41 Å². The number of hydrogen-bond donors (Lipinski definition) is 4. The molecule has 0 unspecified atom stereocenters. The first-order chi connectivity index (χ1) is 13.8. The highest BCUT2D eigenvalue weighted by Gasteiger charge is 2.26. The molecule has 3 heterocycles. The lowest BCUT2D eigenvalue weighted by atomic mass is 10.0. The first-order valence-electron chi connectivity index (χ1n) is 8.63. The number of carbonyl (C=O) groups is 1. The number of aromatic nitrogens is 5. The lowest BCUT2D eigenvalue weighted by Gasteiger charge is -2.26. The zero-order valence-corrected chi connectivity index (χ0v) is 16.3. The fourth-order valence-corrected chi connectivity index (χ4v) is 3.31. The van der Waals surface area contributed by atoms with Crippen LogP contribution in [-0.4, -0.2) is 48.2 Å². The molecule has 1 amide bonds. The zero-order chi connectivity index (χ0) is 20.8. The van der Waals surface area contributed by atoms with E-state index >= 15 is 4.39 Å². The monoisotopic (exact) mass is 417 g/mol. The minimum atomic E-state index is -0.778. The van der Waals surface area contributed by atoms with E-state index in [1.807, 2.05) is 0 Å². The van der Waals surface area contributed by atoms with Gasteiger partial charge in [0.1, 0.15) is 0 Å². The summed E-state index contributed by atoms with van der Waals surface area (Å²) in [5.41, 5.74) is 1.00. The van der Waals surface area contributed by atoms with Gasteiger partial charge in [-0.1, -0.05) is 11.6 Å². The Bertz CT molecular complexity index is 1230. The van der Waals surface area contributed by atoms with Crippen molar-refractivity contribution in [3.63, 3.8) is 0 Å². The molecule has 0 aliphatic carbocycles. The van der Waals surface area contributed by atoms with Crippen molar-refractivity contribution in [3.8, 4) is 11.3 Å². The van der Waals surface area contributed by atoms with Gasteiger partial charge in [0.15, 0.2) is 17.3 Å². The number of imidazole rings is 1. The van der Waals surface area contributed by atoms with Crippen molar-refractivity contribution >= 4 is 46.1 Å². The van der Waals surface area contributed by atoms with Crippen LogP contribution in [0.4, 0.5) is 15.9 Å². The third-order valence-electron chi connectivity index (χ3n) is 4.45. The van der Waals surface area contributed by atoms with Crippen molar-refractivity contribution < 1.29 is 14.3 Å². The van der Waals surface area contributed by atoms with E-state index in [9.17, 15) is 9.90 Å². The van der Waals surface area contributed by atoms with Gasteiger partial charge < -0.3 is 20.1 Å². The van der Waals surface area contributed by atoms with E-state index < -0.39 is 11.4 Å². The van der Waals surface area contributed by atoms with E-state index in [1.165, 1.54) is 12.4 Å². The molecule has 4 rings (SSSR count). The van der Waals surface area contributed by atoms with Crippen LogP contribution in [0.1, 0.15) is 13.8 Å². The molecule has 0 saturated carbocycles. The fourth-order valence-electron chi connectivity index (χ4n) is 3.02. The van der Waals surface area contributed by atoms with Gasteiger partial charge in [0.05, 0.1) is 52.7 Å². The molecule has 0 bridgehead atoms. The molecule has 0 aliphatic rings. The highest BCUT2D eigenvalue weighted by Crippen LogP contribution is 2.41. The van der Waals surface area contributed by atoms with Gasteiger partial charge in [-0.3, -0.25) is 14.9 Å². The first-order valence-corrected chi connectivity index (χ1v) is 9.01. The van der Waals surface area contributed by atoms with Gasteiger partial charge in [-0.05, 0) is 13.8 Å². The average molecular weight is 418 g/mol. The fraction of sp³-hybridized carbons (Fsp3) is 0.222. The predicted octanol–water partition coefficient (Wildman–Crippen LogP) is 2.82. The maximum Gasteiger partial charge on any atom is 0.212 e. The standard InChI is InChI=1S/C18H17ClFN7O2/c1-18(2,7-28)25-17-15(20)14(19)13(9-3-23-26-16(9)17)10-5-27-6-11(22-8-29)24-12(27)4-21-10/h3-6,8,25,28H,7H2,1-2H3,(H,22,29)(H,23,26). The molecule has 3 aromatic heterocycles. The summed E-state index contributed by atoms with van der Waals surface area (Å²) in [5.74, 6) is -0.328. The second-order valence-corrected chi connectivity index (χ2v) is 7.51. The maximum absolute atomic E-state index is 15.2. The number of rotatable bonds is 6. The number of carbonyl (C=O) groups excluding carboxylic acids is 1. The number of aliphatic hydroxyl groups is 1. The molecule has 0 aliphatic heterocycles. The number of halogens is 2. The van der Waals surface area contributed by atoms with Crippen LogP contribution in [0.2, 0.25) is 5.02 Å². The first kappa shape index (κ1) is 19.1. The Hall–Kier alpha value is -3.24. The number of anilines is 2. The molecule has 0 saturated heterocycles. The third-order valence-corrected chi connectivity index (χ3v) is 4.81. The minimum absolute atomic E-state index is 0.117. The molecule has 4 N–H and O–H groups in total. The molecule has 4 aromatic rings. The molecule has 9 nitrogen and oxygen atoms in total. The molecule has 150 valence electrons. The molecule has 0 fully saturated rings. The molecule has 0 radical (unpaired) electrons. The van der Waals surface area contributed by atoms with Crippen LogP contribution in [0, 0.1) is 5.82 Å². The second-order valence-electron chi connectivity index (χ2n) is 7.13. The van der Waals surface area contributed by atoms with Crippen LogP contribution in [0.15, 0.2) is 24.8 Å². The summed E-state index contributed by atoms with van der Waals surface area (Å²) < 4.78 is 16.9. The summed E-state index contributed by atoms with van der Waals surface area (Å²) in [4.78, 5) is 19.2. The van der Waals surface area contributed by atoms with Gasteiger partial charge in [-0.25, -0.2) is 9.37 Å². The van der Waals surface area contributed by atoms with Crippen molar-refractivity contribution in [2.24, 2.45) is 0 Å². The number of fused-ring (bicyclic) bond motifs is 2. The summed E-state index contributed by atoms with van der Waals surface area (Å²) in [7, 11) is 0. The zero-order valence-electron chi connectivity index (χ0n) is 15.5. The van der Waals surface area contributed by atoms with Crippen LogP contribution in [0.3, 0.4) is 0 Å². The number of aromatic amines is 1. The van der Waals surface area contributed by atoms with E-state index in [1.54, 1.807) is 30.6 Å². The van der Waals surface area contributed by atoms with Crippen molar-refractivity contribution in [2.45, 2.75) is 19.4 Å². The molecular weight excluding hydrogens is 401 g/mol. The molecule has 1 aromatic carbocycles. The normalized spacial score (nSPS) is 11.9. The van der Waals surface area contributed by atoms with E-state index in [2.05, 4.69) is 30.8 Å². The Morgan fingerprint density at radius 2 is 2.17 bits per heavy atom. The van der Waals surface area contributed by atoms with Gasteiger partial charge in [0, 0.05) is 17.1 Å². The average Bonchev–Trinajstić information content (AvgIpc) is 3.32. The number of benzene rings is 1. The van der Waals surface area contributed by atoms with Gasteiger partial charge in [-0.15, -0.1) is 0 Å². The maximum atomic E-state index is 15.2. The summed E-state index contributed by atoms with van der Waals surface area (Å²) in [6, 6.07) is 0. The smallest absolute Gasteiger partial charge is 0.212 e. The van der Waals surface area contributed by atoms with E-state index in [0.29, 0.717) is 40.0 Å². The topological polar surface area (TPSA) is 120 Å². The molecular formula is C18H17ClFN7O2. The summed E-state index contributed by atoms with van der Waals surface area (Å²) in [5, 5.41) is 22.2. The number of amides is 1. The molecule has 0 atom stereocenters. The van der Waals surface area contributed by atoms with Crippen LogP contribution in [-0.2, 0) is 4.79 Å². The second kappa shape index (κ2) is 6.98. The van der Waals surface area contributed by atoms with Crippen molar-refractivity contribution in [2.75, 3.05) is 17.2 Å². The highest BCUT2D eigenvalue weighted by atomic mass is 35.5. The SMILES string of the molecule is CC(C)(CO)Nc1c(F)c(Cl)c(-c2cn3cc(NC=O)nc3cn2)c2cn[nH]c12. The lowest BCUT2D eigenvalue weighted by Crippen LogP contribution is -2.35. The van der Waals surface area contributed by atoms with Gasteiger partial charge in [-0.2, -0.15) is 5.10 Å². The number of hydrogen-bond acceptors (Lipinski definition) is 6. The summed E-state index contributed by atoms with van der Waals surface area (Å²) in [6.45, 7) is 3.25. The number of H-pyrrole nitrogens is 1. The highest BCUT2D eigenvalue weighted by molar-refractivity contribution is 6.35. The molecule has 0 spiro atoms. The number of nitrogens with one attached hydrogen (secondary N) is 3. The number of nitrogens with zero attached hydrogens (tertiary/aromatic N) is 4. The lowest BCUT2D eigenvalue weighted by molar-refractivity contribution is -0.105. The predicted molar refractivity (Wildman–Crippen MR) is 108 cm³/mol. The Labute approximate surface area is 168 Å². The quantitative estimate of drug-likeness (QED) is 0.358. The largest absolute Gasteiger partial charge is 0.394 e. The summed E-state index contributed by atoms with van der Waals surface area (Å²) >= 11 is 6.40. The van der Waals surface area contributed by atoms with Crippen LogP contribution in [0.25, 0.3) is 27.8 Å². The Kier molecular flexibility index (Phi) is 4.59. The van der Waals surface area contributed by atoms with Crippen molar-refractivity contribution in [1.29, 1.82) is 0 Å². The van der Waals surface area contributed by atoms with Gasteiger partial charge >= 0.3 is 0 Å². The Morgan fingerprint density at radius 1 is 1.38 bits per heavy atom. The van der Waals surface area contributed by atoms with Crippen LogP contribution >= 0.6 is 11.6 Å². The molecule has 11 heteroatoms. The van der Waals surface area contributed by atoms with Crippen molar-refractivity contribution in [3.05, 3.63) is 35.6 Å². The number of aliphatic hydroxyl groups excluding tert-OH is 1. The molecule has 29 heavy (non-hydrogen) atoms. The van der Waals surface area contributed by atoms with Crippen molar-refractivity contribution in [1.82, 2.24) is 24.6 Å². The third kappa shape index (κ3) is 3.26. The van der Waals surface area contributed by atoms with Gasteiger partial charge in [0.25, 0.3) is 0 Å². The summed E-state index contributed by atoms with van der Waals surface area (Å²) in [6.07, 6.45) is 6.79. The Morgan fingerprint density at radius 3 is 2.90 bits per heavy atom. The van der Waals surface area contributed by atoms with E-state index in [4.69, 9.17) is 11.6 Å². The Balaban J connectivity index is 1.91. The van der Waals surface area contributed by atoms with E-state index in [0.717, 1.165) is 0 Å².